The van der Waals surface area contributed by atoms with Crippen LogP contribution in [0.4, 0.5) is 5.69 Å². The Labute approximate surface area is 187 Å². The highest BCUT2D eigenvalue weighted by Gasteiger charge is 2.10. The monoisotopic (exact) mass is 523 g/mol. The fourth-order valence-electron chi connectivity index (χ4n) is 2.49. The van der Waals surface area contributed by atoms with Crippen molar-refractivity contribution in [3.8, 4) is 5.75 Å². The Morgan fingerprint density at radius 2 is 1.83 bits per heavy atom. The van der Waals surface area contributed by atoms with Crippen LogP contribution in [0, 0.1) is 6.92 Å². The van der Waals surface area contributed by atoms with Gasteiger partial charge in [0.15, 0.2) is 6.61 Å². The topological polar surface area (TPSA) is 79.8 Å². The van der Waals surface area contributed by atoms with E-state index in [0.29, 0.717) is 11.5 Å². The van der Waals surface area contributed by atoms with E-state index in [4.69, 9.17) is 4.74 Å². The molecule has 6 nitrogen and oxygen atoms in total. The van der Waals surface area contributed by atoms with Crippen LogP contribution in [0.15, 0.2) is 50.4 Å². The van der Waals surface area contributed by atoms with Crippen LogP contribution in [0.5, 0.6) is 5.75 Å². The van der Waals surface area contributed by atoms with Gasteiger partial charge >= 0.3 is 0 Å². The zero-order chi connectivity index (χ0) is 21.4. The zero-order valence-electron chi connectivity index (χ0n) is 16.5. The highest BCUT2D eigenvalue weighted by molar-refractivity contribution is 9.11. The fraction of sp³-hybridized carbons (Fsp3) is 0.286. The van der Waals surface area contributed by atoms with Crippen molar-refractivity contribution in [2.24, 2.45) is 5.10 Å². The summed E-state index contributed by atoms with van der Waals surface area (Å²) < 4.78 is 7.21. The molecule has 0 unspecified atom stereocenters. The van der Waals surface area contributed by atoms with Gasteiger partial charge in [0, 0.05) is 15.9 Å². The van der Waals surface area contributed by atoms with E-state index in [9.17, 15) is 9.59 Å². The van der Waals surface area contributed by atoms with Crippen molar-refractivity contribution in [1.29, 1.82) is 0 Å². The molecule has 2 amide bonds. The number of hydrogen-bond acceptors (Lipinski definition) is 4. The van der Waals surface area contributed by atoms with Gasteiger partial charge in [-0.1, -0.05) is 41.1 Å². The average Bonchev–Trinajstić information content (AvgIpc) is 2.68. The molecule has 29 heavy (non-hydrogen) atoms. The summed E-state index contributed by atoms with van der Waals surface area (Å²) in [6.07, 6.45) is 0.907. The van der Waals surface area contributed by atoms with Crippen LogP contribution in [0.2, 0.25) is 0 Å². The van der Waals surface area contributed by atoms with Gasteiger partial charge in [-0.3, -0.25) is 9.59 Å². The first-order valence-corrected chi connectivity index (χ1v) is 10.7. The summed E-state index contributed by atoms with van der Waals surface area (Å²) in [5.74, 6) is -0.0315. The molecule has 0 aliphatic rings. The van der Waals surface area contributed by atoms with Crippen LogP contribution in [-0.2, 0) is 16.0 Å². The molecule has 2 aromatic carbocycles. The molecule has 0 aliphatic heterocycles. The van der Waals surface area contributed by atoms with E-state index < -0.39 is 5.91 Å². The number of anilines is 1. The first kappa shape index (κ1) is 23.1. The third kappa shape index (κ3) is 7.29. The number of aryl methyl sites for hydroxylation is 2. The van der Waals surface area contributed by atoms with Crippen molar-refractivity contribution >= 4 is 55.1 Å². The van der Waals surface area contributed by atoms with Gasteiger partial charge in [0.2, 0.25) is 5.91 Å². The Bertz CT molecular complexity index is 929. The molecule has 0 aliphatic carbocycles. The third-order valence-electron chi connectivity index (χ3n) is 4.03. The van der Waals surface area contributed by atoms with Crippen LogP contribution in [0.25, 0.3) is 0 Å². The lowest BCUT2D eigenvalue weighted by molar-refractivity contribution is -0.123. The second kappa shape index (κ2) is 11.1. The summed E-state index contributed by atoms with van der Waals surface area (Å²) in [6.45, 7) is 5.46. The summed E-state index contributed by atoms with van der Waals surface area (Å²) in [7, 11) is 0. The Kier molecular flexibility index (Phi) is 8.85. The molecule has 0 fully saturated rings. The molecule has 0 saturated carbocycles. The molecular weight excluding hydrogens is 502 g/mol. The minimum Gasteiger partial charge on any atom is -0.483 e. The van der Waals surface area contributed by atoms with E-state index in [1.165, 1.54) is 0 Å². The molecule has 0 radical (unpaired) electrons. The zero-order valence-corrected chi connectivity index (χ0v) is 19.7. The lowest BCUT2D eigenvalue weighted by Gasteiger charge is -2.10. The minimum atomic E-state index is -0.409. The number of ether oxygens (including phenoxy) is 1. The molecule has 0 atom stereocenters. The quantitative estimate of drug-likeness (QED) is 0.377. The number of para-hydroxylation sites is 1. The maximum Gasteiger partial charge on any atom is 0.277 e. The van der Waals surface area contributed by atoms with E-state index in [0.717, 1.165) is 32.2 Å². The predicted molar refractivity (Wildman–Crippen MR) is 122 cm³/mol. The van der Waals surface area contributed by atoms with Crippen molar-refractivity contribution in [3.05, 3.63) is 56.5 Å². The molecule has 2 aromatic rings. The number of nitrogens with one attached hydrogen (secondary N) is 2. The standard InChI is InChI=1S/C21H23Br2N3O3/c1-4-15-7-5-6-8-18(15)24-20(27)10-14(3)25-26-21(28)12-29-19-9-13(2)16(22)11-17(19)23/h5-9,11H,4,10,12H2,1-3H3,(H,24,27)(H,26,28). The summed E-state index contributed by atoms with van der Waals surface area (Å²) in [6, 6.07) is 11.3. The number of rotatable bonds is 8. The first-order chi connectivity index (χ1) is 13.8. The van der Waals surface area contributed by atoms with Crippen molar-refractivity contribution in [2.45, 2.75) is 33.6 Å². The van der Waals surface area contributed by atoms with Crippen LogP contribution in [0.3, 0.4) is 0 Å². The first-order valence-electron chi connectivity index (χ1n) is 9.08. The maximum atomic E-state index is 12.2. The molecule has 2 rings (SSSR count). The van der Waals surface area contributed by atoms with Crippen molar-refractivity contribution in [3.63, 3.8) is 0 Å². The van der Waals surface area contributed by atoms with Crippen LogP contribution < -0.4 is 15.5 Å². The number of hydrogen-bond donors (Lipinski definition) is 2. The lowest BCUT2D eigenvalue weighted by Crippen LogP contribution is -2.26. The predicted octanol–water partition coefficient (Wildman–Crippen LogP) is 4.98. The summed E-state index contributed by atoms with van der Waals surface area (Å²) in [5, 5.41) is 6.85. The second-order valence-corrected chi connectivity index (χ2v) is 8.15. The van der Waals surface area contributed by atoms with E-state index in [2.05, 4.69) is 47.7 Å². The number of benzene rings is 2. The van der Waals surface area contributed by atoms with Gasteiger partial charge in [-0.05, 0) is 65.5 Å². The lowest BCUT2D eigenvalue weighted by atomic mass is 10.1. The van der Waals surface area contributed by atoms with Crippen LogP contribution >= 0.6 is 31.9 Å². The maximum absolute atomic E-state index is 12.2. The van der Waals surface area contributed by atoms with Crippen molar-refractivity contribution < 1.29 is 14.3 Å². The fourth-order valence-corrected chi connectivity index (χ4v) is 3.60. The SMILES string of the molecule is CCc1ccccc1NC(=O)CC(C)=NNC(=O)COc1cc(C)c(Br)cc1Br. The molecule has 0 heterocycles. The molecular formula is C21H23Br2N3O3. The summed E-state index contributed by atoms with van der Waals surface area (Å²) in [4.78, 5) is 24.2. The number of amides is 2. The van der Waals surface area contributed by atoms with E-state index in [1.54, 1.807) is 6.92 Å². The highest BCUT2D eigenvalue weighted by Crippen LogP contribution is 2.31. The van der Waals surface area contributed by atoms with Gasteiger partial charge in [-0.15, -0.1) is 0 Å². The van der Waals surface area contributed by atoms with Gasteiger partial charge in [0.25, 0.3) is 5.91 Å². The molecule has 154 valence electrons. The smallest absolute Gasteiger partial charge is 0.277 e. The normalized spacial score (nSPS) is 11.1. The van der Waals surface area contributed by atoms with Gasteiger partial charge in [0.05, 0.1) is 10.9 Å². The number of hydrazone groups is 1. The Hall–Kier alpha value is -2.19. The van der Waals surface area contributed by atoms with Crippen molar-refractivity contribution in [2.75, 3.05) is 11.9 Å². The second-order valence-electron chi connectivity index (χ2n) is 6.44. The van der Waals surface area contributed by atoms with Gasteiger partial charge < -0.3 is 10.1 Å². The van der Waals surface area contributed by atoms with Crippen LogP contribution in [0.1, 0.15) is 31.4 Å². The number of nitrogens with zero attached hydrogens (tertiary/aromatic N) is 1. The number of carbonyl (C=O) groups excluding carboxylic acids is 2. The Morgan fingerprint density at radius 3 is 2.55 bits per heavy atom. The highest BCUT2D eigenvalue weighted by atomic mass is 79.9. The number of carbonyl (C=O) groups is 2. The average molecular weight is 525 g/mol. The summed E-state index contributed by atoms with van der Waals surface area (Å²) in [5.41, 5.74) is 5.75. The van der Waals surface area contributed by atoms with E-state index in [1.807, 2.05) is 50.2 Å². The van der Waals surface area contributed by atoms with Gasteiger partial charge in [0.1, 0.15) is 5.75 Å². The number of halogens is 2. The molecule has 0 aromatic heterocycles. The molecule has 0 saturated heterocycles. The van der Waals surface area contributed by atoms with Crippen LogP contribution in [-0.4, -0.2) is 24.1 Å². The van der Waals surface area contributed by atoms with E-state index >= 15 is 0 Å². The Morgan fingerprint density at radius 1 is 1.10 bits per heavy atom. The minimum absolute atomic E-state index is 0.0800. The molecule has 0 bridgehead atoms. The molecule has 2 N–H and O–H groups in total. The largest absolute Gasteiger partial charge is 0.483 e. The Balaban J connectivity index is 1.83. The molecule has 0 spiro atoms. The summed E-state index contributed by atoms with van der Waals surface area (Å²) >= 11 is 6.83. The molecule has 8 heteroatoms. The third-order valence-corrected chi connectivity index (χ3v) is 5.51. The van der Waals surface area contributed by atoms with E-state index in [-0.39, 0.29) is 18.9 Å². The van der Waals surface area contributed by atoms with Gasteiger partial charge in [-0.25, -0.2) is 5.43 Å². The van der Waals surface area contributed by atoms with Crippen molar-refractivity contribution in [1.82, 2.24) is 5.43 Å². The van der Waals surface area contributed by atoms with Gasteiger partial charge in [-0.2, -0.15) is 5.10 Å².